The van der Waals surface area contributed by atoms with Gasteiger partial charge in [-0.3, -0.25) is 0 Å². The van der Waals surface area contributed by atoms with Gasteiger partial charge in [-0.05, 0) is 49.4 Å². The van der Waals surface area contributed by atoms with Gasteiger partial charge >= 0.3 is 0 Å². The second-order valence-corrected chi connectivity index (χ2v) is 8.05. The van der Waals surface area contributed by atoms with Gasteiger partial charge in [0, 0.05) is 21.1 Å². The summed E-state index contributed by atoms with van der Waals surface area (Å²) in [5.41, 5.74) is 1.47. The largest absolute Gasteiger partial charge is 0.387 e. The fraction of sp³-hybridized carbons (Fsp3) is 0.467. The molecule has 2 heterocycles. The van der Waals surface area contributed by atoms with Crippen molar-refractivity contribution in [2.24, 2.45) is 0 Å². The van der Waals surface area contributed by atoms with Crippen LogP contribution in [-0.4, -0.2) is 5.11 Å². The van der Waals surface area contributed by atoms with Crippen LogP contribution in [-0.2, 0) is 19.3 Å². The minimum atomic E-state index is -0.383. The molecule has 1 unspecified atom stereocenters. The van der Waals surface area contributed by atoms with Crippen molar-refractivity contribution in [3.63, 3.8) is 0 Å². The Morgan fingerprint density at radius 2 is 2.00 bits per heavy atom. The SMILES string of the molecule is OC(Cc1ccc(Cl)s1)c1cc2c(s1)CCCCC2. The van der Waals surface area contributed by atoms with Crippen LogP contribution in [0.1, 0.15) is 45.6 Å². The normalized spacial score (nSPS) is 16.9. The number of aryl methyl sites for hydroxylation is 2. The molecule has 2 aromatic rings. The third-order valence-electron chi connectivity index (χ3n) is 3.62. The van der Waals surface area contributed by atoms with Gasteiger partial charge in [0.1, 0.15) is 0 Å². The molecule has 4 heteroatoms. The highest BCUT2D eigenvalue weighted by Crippen LogP contribution is 2.34. The summed E-state index contributed by atoms with van der Waals surface area (Å²) in [6, 6.07) is 6.14. The van der Waals surface area contributed by atoms with Gasteiger partial charge in [-0.2, -0.15) is 0 Å². The van der Waals surface area contributed by atoms with Gasteiger partial charge in [-0.15, -0.1) is 22.7 Å². The van der Waals surface area contributed by atoms with Crippen LogP contribution in [0, 0.1) is 0 Å². The molecular formula is C15H17ClOS2. The predicted octanol–water partition coefficient (Wildman–Crippen LogP) is 5.01. The molecular weight excluding hydrogens is 296 g/mol. The van der Waals surface area contributed by atoms with Crippen molar-refractivity contribution in [1.29, 1.82) is 0 Å². The minimum absolute atomic E-state index is 0.383. The first-order valence-corrected chi connectivity index (χ1v) is 8.77. The van der Waals surface area contributed by atoms with Crippen LogP contribution < -0.4 is 0 Å². The number of hydrogen-bond donors (Lipinski definition) is 1. The smallest absolute Gasteiger partial charge is 0.0931 e. The van der Waals surface area contributed by atoms with E-state index in [-0.39, 0.29) is 6.10 Å². The molecule has 0 bridgehead atoms. The number of rotatable bonds is 3. The van der Waals surface area contributed by atoms with Gasteiger partial charge < -0.3 is 5.11 Å². The lowest BCUT2D eigenvalue weighted by Crippen LogP contribution is -1.97. The standard InChI is InChI=1S/C15H17ClOS2/c16-15-7-6-11(18-15)9-12(17)14-8-10-4-2-1-3-5-13(10)19-14/h6-8,12,17H,1-5,9H2. The lowest BCUT2D eigenvalue weighted by molar-refractivity contribution is 0.183. The maximum absolute atomic E-state index is 10.4. The zero-order valence-corrected chi connectivity index (χ0v) is 13.1. The zero-order chi connectivity index (χ0) is 13.2. The van der Waals surface area contributed by atoms with Gasteiger partial charge in [-0.1, -0.05) is 18.0 Å². The molecule has 1 aliphatic carbocycles. The monoisotopic (exact) mass is 312 g/mol. The molecule has 0 amide bonds. The molecule has 0 aromatic carbocycles. The highest BCUT2D eigenvalue weighted by atomic mass is 35.5. The first-order chi connectivity index (χ1) is 9.22. The number of thiophene rings is 2. The number of aliphatic hydroxyl groups excluding tert-OH is 1. The van der Waals surface area contributed by atoms with Gasteiger partial charge in [0.2, 0.25) is 0 Å². The van der Waals surface area contributed by atoms with Crippen molar-refractivity contribution in [1.82, 2.24) is 0 Å². The van der Waals surface area contributed by atoms with E-state index in [1.807, 2.05) is 12.1 Å². The zero-order valence-electron chi connectivity index (χ0n) is 10.7. The Labute approximate surface area is 126 Å². The van der Waals surface area contributed by atoms with E-state index in [0.29, 0.717) is 6.42 Å². The van der Waals surface area contributed by atoms with Gasteiger partial charge in [0.15, 0.2) is 0 Å². The Morgan fingerprint density at radius 1 is 1.16 bits per heavy atom. The molecule has 0 aliphatic heterocycles. The molecule has 1 nitrogen and oxygen atoms in total. The summed E-state index contributed by atoms with van der Waals surface area (Å²) in [5.74, 6) is 0. The molecule has 0 fully saturated rings. The van der Waals surface area contributed by atoms with Crippen molar-refractivity contribution in [2.45, 2.75) is 44.6 Å². The van der Waals surface area contributed by atoms with Crippen LogP contribution in [0.25, 0.3) is 0 Å². The summed E-state index contributed by atoms with van der Waals surface area (Å²) in [6.07, 6.45) is 6.60. The van der Waals surface area contributed by atoms with Gasteiger partial charge in [-0.25, -0.2) is 0 Å². The third-order valence-corrected chi connectivity index (χ3v) is 6.21. The van der Waals surface area contributed by atoms with Crippen LogP contribution in [0.5, 0.6) is 0 Å². The van der Waals surface area contributed by atoms with Crippen molar-refractivity contribution in [3.8, 4) is 0 Å². The lowest BCUT2D eigenvalue weighted by Gasteiger charge is -2.06. The molecule has 102 valence electrons. The summed E-state index contributed by atoms with van der Waals surface area (Å²) in [4.78, 5) is 3.77. The highest BCUT2D eigenvalue weighted by Gasteiger charge is 2.17. The van der Waals surface area contributed by atoms with E-state index in [2.05, 4.69) is 6.07 Å². The summed E-state index contributed by atoms with van der Waals surface area (Å²) in [7, 11) is 0. The number of halogens is 1. The molecule has 0 radical (unpaired) electrons. The van der Waals surface area contributed by atoms with Gasteiger partial charge in [0.25, 0.3) is 0 Å². The minimum Gasteiger partial charge on any atom is -0.387 e. The Kier molecular flexibility index (Phi) is 4.27. The summed E-state index contributed by atoms with van der Waals surface area (Å²) in [5, 5.41) is 10.4. The fourth-order valence-electron chi connectivity index (χ4n) is 2.61. The Morgan fingerprint density at radius 3 is 2.79 bits per heavy atom. The van der Waals surface area contributed by atoms with Crippen molar-refractivity contribution >= 4 is 34.3 Å². The Bertz CT molecular complexity index is 535. The van der Waals surface area contributed by atoms with E-state index in [9.17, 15) is 5.11 Å². The van der Waals surface area contributed by atoms with Crippen LogP contribution in [0.4, 0.5) is 0 Å². The average molecular weight is 313 g/mol. The second kappa shape index (κ2) is 5.96. The first-order valence-electron chi connectivity index (χ1n) is 6.76. The first kappa shape index (κ1) is 13.6. The Balaban J connectivity index is 1.74. The quantitative estimate of drug-likeness (QED) is 0.790. The molecule has 0 saturated heterocycles. The maximum atomic E-state index is 10.4. The summed E-state index contributed by atoms with van der Waals surface area (Å²) in [6.45, 7) is 0. The Hall–Kier alpha value is -0.350. The number of hydrogen-bond acceptors (Lipinski definition) is 3. The highest BCUT2D eigenvalue weighted by molar-refractivity contribution is 7.16. The predicted molar refractivity (Wildman–Crippen MR) is 83.6 cm³/mol. The fourth-order valence-corrected chi connectivity index (χ4v) is 4.97. The summed E-state index contributed by atoms with van der Waals surface area (Å²) < 4.78 is 0.796. The van der Waals surface area contributed by atoms with Crippen LogP contribution in [0.3, 0.4) is 0 Å². The third kappa shape index (κ3) is 3.22. The molecule has 1 N–H and O–H groups in total. The summed E-state index contributed by atoms with van der Waals surface area (Å²) >= 11 is 9.29. The number of aliphatic hydroxyl groups is 1. The van der Waals surface area contributed by atoms with E-state index in [4.69, 9.17) is 11.6 Å². The van der Waals surface area contributed by atoms with Crippen molar-refractivity contribution in [3.05, 3.63) is 42.7 Å². The van der Waals surface area contributed by atoms with Crippen LogP contribution in [0.15, 0.2) is 18.2 Å². The molecule has 19 heavy (non-hydrogen) atoms. The van der Waals surface area contributed by atoms with Crippen LogP contribution >= 0.6 is 34.3 Å². The van der Waals surface area contributed by atoms with E-state index >= 15 is 0 Å². The van der Waals surface area contributed by atoms with E-state index in [1.165, 1.54) is 42.5 Å². The molecule has 1 aliphatic rings. The van der Waals surface area contributed by atoms with E-state index in [1.54, 1.807) is 22.7 Å². The molecule has 0 saturated carbocycles. The average Bonchev–Trinajstić information content (AvgIpc) is 2.91. The van der Waals surface area contributed by atoms with Crippen molar-refractivity contribution < 1.29 is 5.11 Å². The molecule has 3 rings (SSSR count). The second-order valence-electron chi connectivity index (χ2n) is 5.08. The van der Waals surface area contributed by atoms with Crippen molar-refractivity contribution in [2.75, 3.05) is 0 Å². The van der Waals surface area contributed by atoms with Gasteiger partial charge in [0.05, 0.1) is 10.4 Å². The molecule has 2 aromatic heterocycles. The molecule has 1 atom stereocenters. The topological polar surface area (TPSA) is 20.2 Å². The van der Waals surface area contributed by atoms with E-state index in [0.717, 1.165) is 14.1 Å². The maximum Gasteiger partial charge on any atom is 0.0931 e. The lowest BCUT2D eigenvalue weighted by atomic mass is 10.1. The molecule has 0 spiro atoms. The van der Waals surface area contributed by atoms with Crippen LogP contribution in [0.2, 0.25) is 4.34 Å². The van der Waals surface area contributed by atoms with E-state index < -0.39 is 0 Å². The number of fused-ring (bicyclic) bond motifs is 1.